The molecular weight excluding hydrogens is 372 g/mol. The molecule has 0 heterocycles. The van der Waals surface area contributed by atoms with Gasteiger partial charge in [0.1, 0.15) is 11.5 Å². The Morgan fingerprint density at radius 2 is 1.21 bits per heavy atom. The molecule has 29 heavy (non-hydrogen) atoms. The second-order valence-electron chi connectivity index (χ2n) is 6.65. The maximum atomic E-state index is 12.2. The zero-order valence-electron chi connectivity index (χ0n) is 16.8. The highest BCUT2D eigenvalue weighted by Gasteiger charge is 2.21. The molecule has 0 atom stereocenters. The summed E-state index contributed by atoms with van der Waals surface area (Å²) >= 11 is 0. The molecule has 0 aliphatic carbocycles. The van der Waals surface area contributed by atoms with Gasteiger partial charge in [0.25, 0.3) is 0 Å². The molecule has 0 amide bonds. The Labute approximate surface area is 169 Å². The summed E-state index contributed by atoms with van der Waals surface area (Å²) in [5.74, 6) is 0.737. The van der Waals surface area contributed by atoms with Crippen molar-refractivity contribution in [3.05, 3.63) is 48.0 Å². The quantitative estimate of drug-likeness (QED) is 0.283. The molecule has 0 N–H and O–H groups in total. The monoisotopic (exact) mass is 396 g/mol. The molecule has 152 valence electrons. The molecule has 0 fully saturated rings. The number of aryl methyl sites for hydroxylation is 1. The van der Waals surface area contributed by atoms with Crippen LogP contribution in [0.5, 0.6) is 11.5 Å². The van der Waals surface area contributed by atoms with Crippen molar-refractivity contribution in [3.8, 4) is 11.5 Å². The summed E-state index contributed by atoms with van der Waals surface area (Å²) < 4.78 is 21.3. The molecular formula is C23H24O6. The number of benzene rings is 3. The van der Waals surface area contributed by atoms with Gasteiger partial charge in [-0.05, 0) is 25.8 Å². The third kappa shape index (κ3) is 4.59. The van der Waals surface area contributed by atoms with Crippen molar-refractivity contribution in [2.24, 2.45) is 0 Å². The van der Waals surface area contributed by atoms with Crippen LogP contribution in [0, 0.1) is 6.92 Å². The van der Waals surface area contributed by atoms with Crippen molar-refractivity contribution < 1.29 is 28.5 Å². The number of hydrogen-bond donors (Lipinski definition) is 0. The number of rotatable bonds is 6. The molecule has 6 nitrogen and oxygen atoms in total. The van der Waals surface area contributed by atoms with E-state index in [-0.39, 0.29) is 13.2 Å². The Balaban J connectivity index is 2.17. The first-order valence-electron chi connectivity index (χ1n) is 9.69. The molecule has 0 aliphatic heterocycles. The molecule has 0 unspecified atom stereocenters. The highest BCUT2D eigenvalue weighted by molar-refractivity contribution is 6.12. The summed E-state index contributed by atoms with van der Waals surface area (Å²) in [5, 5.41) is 2.56. The average Bonchev–Trinajstić information content (AvgIpc) is 2.72. The molecule has 0 saturated carbocycles. The number of carbonyl (C=O) groups is 2. The summed E-state index contributed by atoms with van der Waals surface area (Å²) in [7, 11) is 0. The van der Waals surface area contributed by atoms with E-state index in [9.17, 15) is 9.59 Å². The van der Waals surface area contributed by atoms with Crippen LogP contribution >= 0.6 is 0 Å². The lowest BCUT2D eigenvalue weighted by atomic mass is 9.99. The first kappa shape index (κ1) is 20.5. The Bertz CT molecular complexity index is 1040. The maximum Gasteiger partial charge on any atom is 0.513 e. The van der Waals surface area contributed by atoms with Crippen molar-refractivity contribution in [3.63, 3.8) is 0 Å². The Morgan fingerprint density at radius 3 is 1.72 bits per heavy atom. The zero-order valence-corrected chi connectivity index (χ0v) is 16.8. The predicted octanol–water partition coefficient (Wildman–Crippen LogP) is 6.15. The first-order valence-corrected chi connectivity index (χ1v) is 9.69. The van der Waals surface area contributed by atoms with Crippen LogP contribution in [0.2, 0.25) is 0 Å². The molecule has 3 aromatic carbocycles. The molecule has 6 heteroatoms. The normalized spacial score (nSPS) is 10.7. The van der Waals surface area contributed by atoms with Crippen LogP contribution in [0.15, 0.2) is 42.5 Å². The van der Waals surface area contributed by atoms with E-state index in [1.54, 1.807) is 6.07 Å². The summed E-state index contributed by atoms with van der Waals surface area (Å²) in [6.07, 6.45) is -0.143. The number of ether oxygens (including phenoxy) is 4. The molecule has 0 radical (unpaired) electrons. The van der Waals surface area contributed by atoms with Crippen LogP contribution in [0.3, 0.4) is 0 Å². The molecule has 0 bridgehead atoms. The minimum Gasteiger partial charge on any atom is -0.434 e. The van der Waals surface area contributed by atoms with E-state index in [1.807, 2.05) is 57.2 Å². The lowest BCUT2D eigenvalue weighted by molar-refractivity contribution is 0.0984. The van der Waals surface area contributed by atoms with Crippen molar-refractivity contribution in [1.29, 1.82) is 0 Å². The number of carbonyl (C=O) groups excluding carboxylic acids is 2. The zero-order chi connectivity index (χ0) is 20.8. The summed E-state index contributed by atoms with van der Waals surface area (Å²) in [4.78, 5) is 24.3. The Hall–Kier alpha value is -3.28. The van der Waals surface area contributed by atoms with Gasteiger partial charge in [-0.15, -0.1) is 0 Å². The first-order chi connectivity index (χ1) is 14.0. The highest BCUT2D eigenvalue weighted by atomic mass is 16.7. The minimum absolute atomic E-state index is 0.276. The van der Waals surface area contributed by atoms with Gasteiger partial charge in [-0.3, -0.25) is 0 Å². The summed E-state index contributed by atoms with van der Waals surface area (Å²) in [5.41, 5.74) is 0.971. The fourth-order valence-corrected chi connectivity index (χ4v) is 3.03. The summed E-state index contributed by atoms with van der Waals surface area (Å²) in [6.45, 7) is 6.30. The lowest BCUT2D eigenvalue weighted by Gasteiger charge is -2.16. The maximum absolute atomic E-state index is 12.2. The molecule has 3 aromatic rings. The highest BCUT2D eigenvalue weighted by Crippen LogP contribution is 2.43. The van der Waals surface area contributed by atoms with Gasteiger partial charge in [0, 0.05) is 21.5 Å². The van der Waals surface area contributed by atoms with Crippen molar-refractivity contribution in [1.82, 2.24) is 0 Å². The van der Waals surface area contributed by atoms with Crippen molar-refractivity contribution in [2.45, 2.75) is 33.6 Å². The van der Waals surface area contributed by atoms with Crippen LogP contribution in [-0.2, 0) is 9.47 Å². The average molecular weight is 396 g/mol. The SMILES string of the molecule is CCCOC(=O)Oc1c2ccccc2c(OC(=O)OCCC)c2cc(C)ccc12. The van der Waals surface area contributed by atoms with Gasteiger partial charge in [0.05, 0.1) is 13.2 Å². The second-order valence-corrected chi connectivity index (χ2v) is 6.65. The van der Waals surface area contributed by atoms with E-state index in [1.165, 1.54) is 0 Å². The molecule has 0 saturated heterocycles. The lowest BCUT2D eigenvalue weighted by Crippen LogP contribution is -2.13. The van der Waals surface area contributed by atoms with Crippen LogP contribution < -0.4 is 9.47 Å². The van der Waals surface area contributed by atoms with Crippen LogP contribution in [-0.4, -0.2) is 25.5 Å². The fourth-order valence-electron chi connectivity index (χ4n) is 3.03. The Morgan fingerprint density at radius 1 is 0.724 bits per heavy atom. The molecule has 0 aliphatic rings. The molecule has 3 rings (SSSR count). The van der Waals surface area contributed by atoms with Gasteiger partial charge in [0.2, 0.25) is 0 Å². The predicted molar refractivity (Wildman–Crippen MR) is 111 cm³/mol. The van der Waals surface area contributed by atoms with E-state index >= 15 is 0 Å². The number of hydrogen-bond acceptors (Lipinski definition) is 6. The fraction of sp³-hybridized carbons (Fsp3) is 0.304. The van der Waals surface area contributed by atoms with Crippen molar-refractivity contribution in [2.75, 3.05) is 13.2 Å². The third-order valence-corrected chi connectivity index (χ3v) is 4.30. The largest absolute Gasteiger partial charge is 0.513 e. The summed E-state index contributed by atoms with van der Waals surface area (Å²) in [6, 6.07) is 12.9. The van der Waals surface area contributed by atoms with Crippen LogP contribution in [0.25, 0.3) is 21.5 Å². The van der Waals surface area contributed by atoms with E-state index in [0.717, 1.165) is 5.56 Å². The van der Waals surface area contributed by atoms with Gasteiger partial charge < -0.3 is 18.9 Å². The molecule has 0 spiro atoms. The van der Waals surface area contributed by atoms with Crippen LogP contribution in [0.4, 0.5) is 9.59 Å². The van der Waals surface area contributed by atoms with E-state index in [0.29, 0.717) is 45.9 Å². The van der Waals surface area contributed by atoms with Gasteiger partial charge in [0.15, 0.2) is 0 Å². The van der Waals surface area contributed by atoms with Gasteiger partial charge in [-0.2, -0.15) is 0 Å². The van der Waals surface area contributed by atoms with Crippen molar-refractivity contribution >= 4 is 33.9 Å². The third-order valence-electron chi connectivity index (χ3n) is 4.30. The Kier molecular flexibility index (Phi) is 6.54. The van der Waals surface area contributed by atoms with Gasteiger partial charge in [-0.25, -0.2) is 9.59 Å². The topological polar surface area (TPSA) is 71.1 Å². The van der Waals surface area contributed by atoms with Gasteiger partial charge in [-0.1, -0.05) is 55.8 Å². The standard InChI is InChI=1S/C23H24O6/c1-4-12-26-22(24)28-20-16-8-6-7-9-17(16)21(29-23(25)27-13-5-2)19-14-15(3)10-11-18(19)20/h6-11,14H,4-5,12-13H2,1-3H3. The van der Waals surface area contributed by atoms with E-state index in [4.69, 9.17) is 18.9 Å². The van der Waals surface area contributed by atoms with E-state index in [2.05, 4.69) is 0 Å². The van der Waals surface area contributed by atoms with Crippen LogP contribution in [0.1, 0.15) is 32.3 Å². The van der Waals surface area contributed by atoms with E-state index < -0.39 is 12.3 Å². The molecule has 0 aromatic heterocycles. The van der Waals surface area contributed by atoms with Gasteiger partial charge >= 0.3 is 12.3 Å². The smallest absolute Gasteiger partial charge is 0.434 e. The number of fused-ring (bicyclic) bond motifs is 2. The second kappa shape index (κ2) is 9.28. The minimum atomic E-state index is -0.769.